The second-order valence-corrected chi connectivity index (χ2v) is 1.46. The second-order valence-electron chi connectivity index (χ2n) is 1.46. The van der Waals surface area contributed by atoms with Crippen molar-refractivity contribution in [1.29, 1.82) is 0 Å². The fourth-order valence-electron chi connectivity index (χ4n) is 0.346. The van der Waals surface area contributed by atoms with Crippen molar-refractivity contribution in [3.8, 4) is 0 Å². The van der Waals surface area contributed by atoms with Gasteiger partial charge in [0, 0.05) is 0 Å². The van der Waals surface area contributed by atoms with Gasteiger partial charge < -0.3 is 4.74 Å². The molecule has 0 spiro atoms. The van der Waals surface area contributed by atoms with Crippen molar-refractivity contribution in [1.82, 2.24) is 0 Å². The van der Waals surface area contributed by atoms with Crippen molar-refractivity contribution < 1.29 is 4.74 Å². The molecule has 0 atom stereocenters. The summed E-state index contributed by atoms with van der Waals surface area (Å²) in [6.45, 7) is 5.51. The molecule has 0 heterocycles. The summed E-state index contributed by atoms with van der Waals surface area (Å²) in [5, 5.41) is 0. The van der Waals surface area contributed by atoms with E-state index in [2.05, 4.69) is 13.5 Å². The van der Waals surface area contributed by atoms with E-state index in [-0.39, 0.29) is 0 Å². The van der Waals surface area contributed by atoms with E-state index in [4.69, 9.17) is 4.74 Å². The molecule has 0 fully saturated rings. The van der Waals surface area contributed by atoms with Crippen molar-refractivity contribution in [3.05, 3.63) is 25.2 Å². The van der Waals surface area contributed by atoms with Gasteiger partial charge in [0.1, 0.15) is 0 Å². The minimum absolute atomic E-state index is 1.08. The molecule has 0 aliphatic rings. The molecule has 1 heteroatoms. The summed E-state index contributed by atoms with van der Waals surface area (Å²) in [7, 11) is 0. The first-order valence-corrected chi connectivity index (χ1v) is 2.83. The smallest absolute Gasteiger partial charge is 0.0861 e. The molecule has 46 valence electrons. The first-order chi connectivity index (χ1) is 3.91. The quantitative estimate of drug-likeness (QED) is 0.507. The van der Waals surface area contributed by atoms with Gasteiger partial charge in [0.2, 0.25) is 0 Å². The molecule has 0 aromatic heterocycles. The maximum absolute atomic E-state index is 4.72. The zero-order chi connectivity index (χ0) is 6.24. The zero-order valence-electron chi connectivity index (χ0n) is 5.26. The third-order valence-corrected chi connectivity index (χ3v) is 0.726. The van der Waals surface area contributed by atoms with E-state index in [9.17, 15) is 0 Å². The number of ether oxygens (including phenoxy) is 1. The summed E-state index contributed by atoms with van der Waals surface area (Å²) in [5.74, 6) is 0. The van der Waals surface area contributed by atoms with E-state index in [1.54, 1.807) is 6.26 Å². The van der Waals surface area contributed by atoms with Gasteiger partial charge in [0.15, 0.2) is 0 Å². The zero-order valence-corrected chi connectivity index (χ0v) is 5.26. The highest BCUT2D eigenvalue weighted by atomic mass is 16.5. The Morgan fingerprint density at radius 2 is 2.38 bits per heavy atom. The maximum Gasteiger partial charge on any atom is 0.0861 e. The van der Waals surface area contributed by atoms with Crippen molar-refractivity contribution in [2.45, 2.75) is 19.8 Å². The minimum atomic E-state index is 1.08. The predicted octanol–water partition coefficient (Wildman–Crippen LogP) is 2.46. The van der Waals surface area contributed by atoms with Crippen LogP contribution in [-0.2, 0) is 4.74 Å². The highest BCUT2D eigenvalue weighted by Gasteiger charge is 1.69. The third-order valence-electron chi connectivity index (χ3n) is 0.726. The van der Waals surface area contributed by atoms with E-state index in [1.165, 1.54) is 6.26 Å². The van der Waals surface area contributed by atoms with Crippen LogP contribution in [-0.4, -0.2) is 0 Å². The summed E-state index contributed by atoms with van der Waals surface area (Å²) in [5.41, 5.74) is 0. The summed E-state index contributed by atoms with van der Waals surface area (Å²) in [4.78, 5) is 0. The van der Waals surface area contributed by atoms with E-state index in [1.807, 2.05) is 6.08 Å². The van der Waals surface area contributed by atoms with Gasteiger partial charge in [-0.25, -0.2) is 0 Å². The Bertz CT molecular complexity index is 74.5. The number of hydrogen-bond acceptors (Lipinski definition) is 1. The fraction of sp³-hybridized carbons (Fsp3) is 0.429. The molecule has 0 aliphatic carbocycles. The highest BCUT2D eigenvalue weighted by molar-refractivity contribution is 4.74. The monoisotopic (exact) mass is 112 g/mol. The van der Waals surface area contributed by atoms with Crippen LogP contribution in [0.2, 0.25) is 0 Å². The Kier molecular flexibility index (Phi) is 5.71. The largest absolute Gasteiger partial charge is 0.474 e. The van der Waals surface area contributed by atoms with Gasteiger partial charge in [0.25, 0.3) is 0 Å². The van der Waals surface area contributed by atoms with Gasteiger partial charge in [-0.2, -0.15) is 0 Å². The molecule has 8 heavy (non-hydrogen) atoms. The van der Waals surface area contributed by atoms with Crippen LogP contribution in [0.3, 0.4) is 0 Å². The van der Waals surface area contributed by atoms with Crippen LogP contribution in [0.4, 0.5) is 0 Å². The number of hydrogen-bond donors (Lipinski definition) is 0. The molecule has 0 unspecified atom stereocenters. The van der Waals surface area contributed by atoms with Gasteiger partial charge in [-0.15, -0.1) is 0 Å². The van der Waals surface area contributed by atoms with Gasteiger partial charge >= 0.3 is 0 Å². The van der Waals surface area contributed by atoms with Crippen molar-refractivity contribution in [2.24, 2.45) is 0 Å². The molecule has 1 nitrogen and oxygen atoms in total. The Labute approximate surface area is 50.7 Å². The summed E-state index contributed by atoms with van der Waals surface area (Å²) >= 11 is 0. The SMILES string of the molecule is C=COC=CCCC. The molecule has 0 aromatic carbocycles. The molecule has 0 saturated heterocycles. The fourth-order valence-corrected chi connectivity index (χ4v) is 0.346. The van der Waals surface area contributed by atoms with Gasteiger partial charge in [0.05, 0.1) is 12.5 Å². The summed E-state index contributed by atoms with van der Waals surface area (Å²) in [6.07, 6.45) is 7.27. The lowest BCUT2D eigenvalue weighted by Crippen LogP contribution is -1.63. The second kappa shape index (κ2) is 6.28. The molecular weight excluding hydrogens is 100 g/mol. The van der Waals surface area contributed by atoms with E-state index >= 15 is 0 Å². The third kappa shape index (κ3) is 5.28. The first kappa shape index (κ1) is 7.28. The summed E-state index contributed by atoms with van der Waals surface area (Å²) in [6, 6.07) is 0. The average Bonchev–Trinajstić information content (AvgIpc) is 1.81. The Balaban J connectivity index is 2.94. The van der Waals surface area contributed by atoms with Crippen LogP contribution in [0.5, 0.6) is 0 Å². The van der Waals surface area contributed by atoms with Crippen LogP contribution in [0.1, 0.15) is 19.8 Å². The highest BCUT2D eigenvalue weighted by Crippen LogP contribution is 1.88. The Hall–Kier alpha value is -0.720. The van der Waals surface area contributed by atoms with E-state index in [0.29, 0.717) is 0 Å². The summed E-state index contributed by atoms with van der Waals surface area (Å²) < 4.78 is 4.72. The standard InChI is InChI=1S/C7H12O/c1-3-5-6-7-8-4-2/h4,6-7H,2-3,5H2,1H3. The molecule has 0 N–H and O–H groups in total. The van der Waals surface area contributed by atoms with Crippen molar-refractivity contribution >= 4 is 0 Å². The molecule has 0 rings (SSSR count). The lowest BCUT2D eigenvalue weighted by Gasteiger charge is -1.85. The average molecular weight is 112 g/mol. The van der Waals surface area contributed by atoms with Crippen LogP contribution in [0.25, 0.3) is 0 Å². The maximum atomic E-state index is 4.72. The first-order valence-electron chi connectivity index (χ1n) is 2.83. The number of allylic oxidation sites excluding steroid dienone is 1. The normalized spacial score (nSPS) is 9.62. The van der Waals surface area contributed by atoms with Crippen LogP contribution in [0.15, 0.2) is 25.2 Å². The predicted molar refractivity (Wildman–Crippen MR) is 35.3 cm³/mol. The van der Waals surface area contributed by atoms with E-state index in [0.717, 1.165) is 12.8 Å². The van der Waals surface area contributed by atoms with Gasteiger partial charge in [-0.3, -0.25) is 0 Å². The topological polar surface area (TPSA) is 9.23 Å². The minimum Gasteiger partial charge on any atom is -0.474 e. The lowest BCUT2D eigenvalue weighted by molar-refractivity contribution is 0.402. The van der Waals surface area contributed by atoms with Crippen LogP contribution >= 0.6 is 0 Å². The molecule has 0 bridgehead atoms. The number of rotatable bonds is 4. The molecule has 0 aromatic rings. The molecule has 0 saturated carbocycles. The van der Waals surface area contributed by atoms with Crippen LogP contribution < -0.4 is 0 Å². The molecule has 0 amide bonds. The molecule has 0 radical (unpaired) electrons. The Morgan fingerprint density at radius 3 is 2.88 bits per heavy atom. The van der Waals surface area contributed by atoms with Crippen LogP contribution in [0, 0.1) is 0 Å². The molecular formula is C7H12O. The lowest BCUT2D eigenvalue weighted by atomic mass is 10.3. The van der Waals surface area contributed by atoms with E-state index < -0.39 is 0 Å². The van der Waals surface area contributed by atoms with Crippen molar-refractivity contribution in [2.75, 3.05) is 0 Å². The van der Waals surface area contributed by atoms with Gasteiger partial charge in [-0.05, 0) is 12.5 Å². The Morgan fingerprint density at radius 1 is 1.62 bits per heavy atom. The number of unbranched alkanes of at least 4 members (excludes halogenated alkanes) is 1. The molecule has 0 aliphatic heterocycles. The van der Waals surface area contributed by atoms with Crippen molar-refractivity contribution in [3.63, 3.8) is 0 Å². The van der Waals surface area contributed by atoms with Gasteiger partial charge in [-0.1, -0.05) is 19.9 Å².